The lowest BCUT2D eigenvalue weighted by Gasteiger charge is -2.20. The highest BCUT2D eigenvalue weighted by atomic mass is 127. The second kappa shape index (κ2) is 8.25. The maximum atomic E-state index is 5.28. The van der Waals surface area contributed by atoms with Crippen LogP contribution in [0.5, 0.6) is 0 Å². The molecule has 110 valence electrons. The van der Waals surface area contributed by atoms with Gasteiger partial charge in [-0.3, -0.25) is 4.99 Å². The quantitative estimate of drug-likeness (QED) is 0.482. The molecule has 0 saturated heterocycles. The Labute approximate surface area is 140 Å². The Morgan fingerprint density at radius 2 is 2.35 bits per heavy atom. The number of aryl methyl sites for hydroxylation is 1. The van der Waals surface area contributed by atoms with Crippen LogP contribution in [-0.2, 0) is 13.1 Å². The van der Waals surface area contributed by atoms with Crippen LogP contribution in [0.1, 0.15) is 16.5 Å². The molecule has 0 bridgehead atoms. The van der Waals surface area contributed by atoms with Gasteiger partial charge in [0.05, 0.1) is 30.1 Å². The van der Waals surface area contributed by atoms with Crippen LogP contribution >= 0.6 is 35.3 Å². The van der Waals surface area contributed by atoms with Gasteiger partial charge in [0.2, 0.25) is 0 Å². The molecule has 0 saturated carbocycles. The number of guanidine groups is 1. The Hall–Kier alpha value is -1.09. The van der Waals surface area contributed by atoms with E-state index < -0.39 is 0 Å². The van der Waals surface area contributed by atoms with Gasteiger partial charge in [-0.15, -0.1) is 35.3 Å². The van der Waals surface area contributed by atoms with E-state index >= 15 is 0 Å². The number of aliphatic imine (C=N–C) groups is 1. The van der Waals surface area contributed by atoms with E-state index in [1.165, 1.54) is 0 Å². The van der Waals surface area contributed by atoms with E-state index in [1.54, 1.807) is 24.6 Å². The van der Waals surface area contributed by atoms with Gasteiger partial charge >= 0.3 is 0 Å². The first-order chi connectivity index (χ1) is 9.19. The Kier molecular flexibility index (Phi) is 7.00. The molecule has 2 rings (SSSR count). The zero-order chi connectivity index (χ0) is 13.7. The van der Waals surface area contributed by atoms with Gasteiger partial charge in [-0.25, -0.2) is 4.98 Å². The molecule has 0 aliphatic carbocycles. The molecule has 0 atom stereocenters. The summed E-state index contributed by atoms with van der Waals surface area (Å²) in [7, 11) is 3.76. The number of hydrogen-bond acceptors (Lipinski definition) is 4. The van der Waals surface area contributed by atoms with E-state index in [0.29, 0.717) is 6.54 Å². The molecule has 2 aromatic rings. The van der Waals surface area contributed by atoms with Crippen molar-refractivity contribution in [3.8, 4) is 0 Å². The topological polar surface area (TPSA) is 53.7 Å². The van der Waals surface area contributed by atoms with Crippen molar-refractivity contribution in [3.63, 3.8) is 0 Å². The molecular weight excluding hydrogens is 387 g/mol. The van der Waals surface area contributed by atoms with Gasteiger partial charge in [0.25, 0.3) is 0 Å². The van der Waals surface area contributed by atoms with E-state index in [2.05, 4.69) is 20.7 Å². The number of thiazole rings is 1. The van der Waals surface area contributed by atoms with E-state index in [0.717, 1.165) is 29.0 Å². The van der Waals surface area contributed by atoms with Crippen LogP contribution in [0.4, 0.5) is 0 Å². The van der Waals surface area contributed by atoms with Crippen LogP contribution in [-0.4, -0.2) is 29.9 Å². The first-order valence-electron chi connectivity index (χ1n) is 6.04. The van der Waals surface area contributed by atoms with Crippen molar-refractivity contribution in [2.24, 2.45) is 4.99 Å². The summed E-state index contributed by atoms with van der Waals surface area (Å²) in [6.45, 7) is 3.38. The number of rotatable bonds is 4. The summed E-state index contributed by atoms with van der Waals surface area (Å²) >= 11 is 1.66. The number of furan rings is 1. The Bertz CT molecular complexity index is 538. The molecule has 0 spiro atoms. The third-order valence-electron chi connectivity index (χ3n) is 2.64. The molecule has 0 aromatic carbocycles. The lowest BCUT2D eigenvalue weighted by molar-refractivity contribution is 0.455. The van der Waals surface area contributed by atoms with Crippen LogP contribution in [0.3, 0.4) is 0 Å². The Balaban J connectivity index is 0.00000200. The molecule has 5 nitrogen and oxygen atoms in total. The van der Waals surface area contributed by atoms with Crippen LogP contribution in [0.15, 0.2) is 33.2 Å². The van der Waals surface area contributed by atoms with Crippen molar-refractivity contribution in [2.75, 3.05) is 14.1 Å². The number of aromatic nitrogens is 1. The van der Waals surface area contributed by atoms with Crippen LogP contribution < -0.4 is 5.32 Å². The van der Waals surface area contributed by atoms with Crippen LogP contribution in [0, 0.1) is 6.92 Å². The smallest absolute Gasteiger partial charge is 0.194 e. The lowest BCUT2D eigenvalue weighted by Crippen LogP contribution is -2.38. The zero-order valence-electron chi connectivity index (χ0n) is 11.8. The molecule has 0 amide bonds. The van der Waals surface area contributed by atoms with Crippen molar-refractivity contribution in [1.82, 2.24) is 15.2 Å². The predicted molar refractivity (Wildman–Crippen MR) is 92.6 cm³/mol. The maximum Gasteiger partial charge on any atom is 0.194 e. The highest BCUT2D eigenvalue weighted by Gasteiger charge is 2.08. The lowest BCUT2D eigenvalue weighted by atomic mass is 10.4. The molecule has 7 heteroatoms. The van der Waals surface area contributed by atoms with E-state index in [-0.39, 0.29) is 24.0 Å². The predicted octanol–water partition coefficient (Wildman–Crippen LogP) is 2.87. The van der Waals surface area contributed by atoms with E-state index in [1.807, 2.05) is 31.0 Å². The minimum atomic E-state index is 0. The fourth-order valence-electron chi connectivity index (χ4n) is 1.76. The molecule has 0 radical (unpaired) electrons. The first kappa shape index (κ1) is 17.0. The van der Waals surface area contributed by atoms with Gasteiger partial charge in [-0.2, -0.15) is 0 Å². The molecular formula is C13H19IN4OS. The second-order valence-electron chi connectivity index (χ2n) is 4.19. The van der Waals surface area contributed by atoms with Gasteiger partial charge in [0, 0.05) is 19.5 Å². The standard InChI is InChI=1S/C13H18N4OS.HI/c1-10-16-11(9-19-10)8-17(3)13(14-2)15-7-12-5-4-6-18-12;/h4-6,9H,7-8H2,1-3H3,(H,14,15);1H. The highest BCUT2D eigenvalue weighted by molar-refractivity contribution is 14.0. The third kappa shape index (κ3) is 4.78. The first-order valence-corrected chi connectivity index (χ1v) is 6.92. The third-order valence-corrected chi connectivity index (χ3v) is 3.46. The monoisotopic (exact) mass is 406 g/mol. The number of nitrogens with zero attached hydrogens (tertiary/aromatic N) is 3. The van der Waals surface area contributed by atoms with Crippen molar-refractivity contribution < 1.29 is 4.42 Å². The summed E-state index contributed by atoms with van der Waals surface area (Å²) < 4.78 is 5.28. The van der Waals surface area contributed by atoms with Gasteiger partial charge in [-0.05, 0) is 19.1 Å². The average Bonchev–Trinajstić information content (AvgIpc) is 3.02. The number of nitrogens with one attached hydrogen (secondary N) is 1. The fourth-order valence-corrected chi connectivity index (χ4v) is 2.37. The molecule has 0 fully saturated rings. The van der Waals surface area contributed by atoms with Crippen LogP contribution in [0.25, 0.3) is 0 Å². The minimum absolute atomic E-state index is 0. The summed E-state index contributed by atoms with van der Waals surface area (Å²) in [5.41, 5.74) is 1.06. The van der Waals surface area contributed by atoms with Crippen LogP contribution in [0.2, 0.25) is 0 Å². The summed E-state index contributed by atoms with van der Waals surface area (Å²) in [6.07, 6.45) is 1.67. The van der Waals surface area contributed by atoms with Gasteiger partial charge in [-0.1, -0.05) is 0 Å². The molecule has 2 aromatic heterocycles. The zero-order valence-corrected chi connectivity index (χ0v) is 14.9. The number of hydrogen-bond donors (Lipinski definition) is 1. The Morgan fingerprint density at radius 3 is 2.90 bits per heavy atom. The van der Waals surface area contributed by atoms with Gasteiger partial charge in [0.1, 0.15) is 5.76 Å². The van der Waals surface area contributed by atoms with Crippen molar-refractivity contribution in [1.29, 1.82) is 0 Å². The molecule has 0 aliphatic rings. The van der Waals surface area contributed by atoms with Gasteiger partial charge < -0.3 is 14.6 Å². The normalized spacial score (nSPS) is 11.1. The van der Waals surface area contributed by atoms with Gasteiger partial charge in [0.15, 0.2) is 5.96 Å². The second-order valence-corrected chi connectivity index (χ2v) is 5.26. The molecule has 1 N–H and O–H groups in total. The number of halogens is 1. The molecule has 0 aliphatic heterocycles. The summed E-state index contributed by atoms with van der Waals surface area (Å²) in [6, 6.07) is 3.81. The average molecular weight is 406 g/mol. The van der Waals surface area contributed by atoms with E-state index in [9.17, 15) is 0 Å². The summed E-state index contributed by atoms with van der Waals surface area (Å²) in [5, 5.41) is 6.42. The largest absolute Gasteiger partial charge is 0.467 e. The van der Waals surface area contributed by atoms with E-state index in [4.69, 9.17) is 4.42 Å². The van der Waals surface area contributed by atoms with Crippen molar-refractivity contribution >= 4 is 41.3 Å². The molecule has 20 heavy (non-hydrogen) atoms. The molecule has 0 unspecified atom stereocenters. The molecule has 2 heterocycles. The highest BCUT2D eigenvalue weighted by Crippen LogP contribution is 2.09. The minimum Gasteiger partial charge on any atom is -0.467 e. The maximum absolute atomic E-state index is 5.28. The van der Waals surface area contributed by atoms with Crippen molar-refractivity contribution in [2.45, 2.75) is 20.0 Å². The summed E-state index contributed by atoms with van der Waals surface area (Å²) in [5.74, 6) is 1.71. The SMILES string of the molecule is CN=C(NCc1ccco1)N(C)Cc1csc(C)n1.I. The fraction of sp³-hybridized carbons (Fsp3) is 0.385. The van der Waals surface area contributed by atoms with Crippen molar-refractivity contribution in [3.05, 3.63) is 40.2 Å². The summed E-state index contributed by atoms with van der Waals surface area (Å²) in [4.78, 5) is 10.7. The Morgan fingerprint density at radius 1 is 1.55 bits per heavy atom.